The van der Waals surface area contributed by atoms with Crippen LogP contribution < -0.4 is 5.32 Å². The van der Waals surface area contributed by atoms with Crippen LogP contribution >= 0.6 is 0 Å². The molecule has 0 aromatic heterocycles. The maximum Gasteiger partial charge on any atom is 0.0108 e. The number of nitrogens with one attached hydrogen (secondary N) is 1. The summed E-state index contributed by atoms with van der Waals surface area (Å²) in [6.45, 7) is 12.4. The minimum atomic E-state index is 0.788. The molecule has 2 aliphatic rings. The molecular formula is C17H34N2. The highest BCUT2D eigenvalue weighted by molar-refractivity contribution is 4.88. The third-order valence-corrected chi connectivity index (χ3v) is 5.31. The summed E-state index contributed by atoms with van der Waals surface area (Å²) >= 11 is 0. The molecular weight excluding hydrogens is 232 g/mol. The SMILES string of the molecule is CCCNC1CCC(C(C)C)CC1CN1CCCC1. The highest BCUT2D eigenvalue weighted by Crippen LogP contribution is 2.34. The summed E-state index contributed by atoms with van der Waals surface area (Å²) in [5.74, 6) is 2.73. The molecule has 1 heterocycles. The van der Waals surface area contributed by atoms with Gasteiger partial charge in [0.15, 0.2) is 0 Å². The van der Waals surface area contributed by atoms with Crippen molar-refractivity contribution in [3.63, 3.8) is 0 Å². The van der Waals surface area contributed by atoms with E-state index in [2.05, 4.69) is 31.0 Å². The van der Waals surface area contributed by atoms with Crippen LogP contribution in [-0.2, 0) is 0 Å². The number of hydrogen-bond donors (Lipinski definition) is 1. The van der Waals surface area contributed by atoms with E-state index in [1.165, 1.54) is 64.7 Å². The smallest absolute Gasteiger partial charge is 0.0108 e. The van der Waals surface area contributed by atoms with Crippen LogP contribution in [-0.4, -0.2) is 37.1 Å². The molecule has 0 spiro atoms. The summed E-state index contributed by atoms with van der Waals surface area (Å²) in [6.07, 6.45) is 8.41. The third kappa shape index (κ3) is 4.46. The second kappa shape index (κ2) is 7.64. The Morgan fingerprint density at radius 3 is 2.53 bits per heavy atom. The number of rotatable bonds is 6. The molecule has 19 heavy (non-hydrogen) atoms. The van der Waals surface area contributed by atoms with Crippen molar-refractivity contribution in [2.24, 2.45) is 17.8 Å². The summed E-state index contributed by atoms with van der Waals surface area (Å²) < 4.78 is 0. The van der Waals surface area contributed by atoms with Gasteiger partial charge in [0, 0.05) is 12.6 Å². The average molecular weight is 266 g/mol. The molecule has 2 nitrogen and oxygen atoms in total. The summed E-state index contributed by atoms with van der Waals surface area (Å²) in [7, 11) is 0. The first-order valence-electron chi connectivity index (χ1n) is 8.66. The minimum absolute atomic E-state index is 0.788. The summed E-state index contributed by atoms with van der Waals surface area (Å²) in [5.41, 5.74) is 0. The first kappa shape index (κ1) is 15.3. The van der Waals surface area contributed by atoms with E-state index in [1.54, 1.807) is 0 Å². The maximum atomic E-state index is 3.83. The van der Waals surface area contributed by atoms with Crippen molar-refractivity contribution in [1.82, 2.24) is 10.2 Å². The molecule has 1 aliphatic heterocycles. The van der Waals surface area contributed by atoms with E-state index in [1.807, 2.05) is 0 Å². The van der Waals surface area contributed by atoms with Gasteiger partial charge in [-0.3, -0.25) is 0 Å². The molecule has 0 bridgehead atoms. The molecule has 0 radical (unpaired) electrons. The maximum absolute atomic E-state index is 3.83. The van der Waals surface area contributed by atoms with Gasteiger partial charge < -0.3 is 10.2 Å². The van der Waals surface area contributed by atoms with E-state index < -0.39 is 0 Å². The monoisotopic (exact) mass is 266 g/mol. The van der Waals surface area contributed by atoms with Crippen molar-refractivity contribution in [2.75, 3.05) is 26.2 Å². The van der Waals surface area contributed by atoms with Crippen LogP contribution in [0.15, 0.2) is 0 Å². The molecule has 1 saturated carbocycles. The predicted octanol–water partition coefficient (Wildman–Crippen LogP) is 3.52. The van der Waals surface area contributed by atoms with Crippen molar-refractivity contribution in [1.29, 1.82) is 0 Å². The van der Waals surface area contributed by atoms with Gasteiger partial charge in [0.2, 0.25) is 0 Å². The van der Waals surface area contributed by atoms with Gasteiger partial charge >= 0.3 is 0 Å². The molecule has 1 aliphatic carbocycles. The normalized spacial score (nSPS) is 33.2. The van der Waals surface area contributed by atoms with E-state index in [0.29, 0.717) is 0 Å². The van der Waals surface area contributed by atoms with E-state index >= 15 is 0 Å². The van der Waals surface area contributed by atoms with Gasteiger partial charge in [0.1, 0.15) is 0 Å². The molecule has 1 N–H and O–H groups in total. The lowest BCUT2D eigenvalue weighted by Gasteiger charge is -2.40. The Kier molecular flexibility index (Phi) is 6.15. The van der Waals surface area contributed by atoms with Gasteiger partial charge in [-0.15, -0.1) is 0 Å². The van der Waals surface area contributed by atoms with Gasteiger partial charge in [-0.1, -0.05) is 20.8 Å². The molecule has 0 amide bonds. The van der Waals surface area contributed by atoms with Crippen molar-refractivity contribution < 1.29 is 0 Å². The third-order valence-electron chi connectivity index (χ3n) is 5.31. The lowest BCUT2D eigenvalue weighted by molar-refractivity contribution is 0.132. The number of nitrogens with zero attached hydrogens (tertiary/aromatic N) is 1. The summed E-state index contributed by atoms with van der Waals surface area (Å²) in [6, 6.07) is 0.788. The average Bonchev–Trinajstić information content (AvgIpc) is 2.90. The molecule has 112 valence electrons. The highest BCUT2D eigenvalue weighted by atomic mass is 15.1. The fourth-order valence-corrected chi connectivity index (χ4v) is 4.00. The first-order valence-corrected chi connectivity index (χ1v) is 8.66. The first-order chi connectivity index (χ1) is 9.20. The van der Waals surface area contributed by atoms with Gasteiger partial charge in [0.05, 0.1) is 0 Å². The lowest BCUT2D eigenvalue weighted by Crippen LogP contribution is -2.46. The van der Waals surface area contributed by atoms with Crippen LogP contribution in [0.25, 0.3) is 0 Å². The van der Waals surface area contributed by atoms with Crippen LogP contribution in [0.3, 0.4) is 0 Å². The van der Waals surface area contributed by atoms with Gasteiger partial charge in [-0.25, -0.2) is 0 Å². The molecule has 2 rings (SSSR count). The Morgan fingerprint density at radius 2 is 1.89 bits per heavy atom. The highest BCUT2D eigenvalue weighted by Gasteiger charge is 2.32. The molecule has 0 aromatic rings. The van der Waals surface area contributed by atoms with E-state index in [9.17, 15) is 0 Å². The number of hydrogen-bond acceptors (Lipinski definition) is 2. The van der Waals surface area contributed by atoms with E-state index in [0.717, 1.165) is 23.8 Å². The minimum Gasteiger partial charge on any atom is -0.314 e. The fourth-order valence-electron chi connectivity index (χ4n) is 4.00. The molecule has 1 saturated heterocycles. The Hall–Kier alpha value is -0.0800. The van der Waals surface area contributed by atoms with Crippen molar-refractivity contribution in [2.45, 2.75) is 65.3 Å². The van der Waals surface area contributed by atoms with Crippen LogP contribution in [0.1, 0.15) is 59.3 Å². The van der Waals surface area contributed by atoms with Crippen molar-refractivity contribution in [3.8, 4) is 0 Å². The van der Waals surface area contributed by atoms with Crippen LogP contribution in [0.5, 0.6) is 0 Å². The zero-order chi connectivity index (χ0) is 13.7. The van der Waals surface area contributed by atoms with Crippen LogP contribution in [0.4, 0.5) is 0 Å². The topological polar surface area (TPSA) is 15.3 Å². The Labute approximate surface area is 120 Å². The Bertz CT molecular complexity index is 244. The second-order valence-corrected chi connectivity index (χ2v) is 7.15. The fraction of sp³-hybridized carbons (Fsp3) is 1.00. The predicted molar refractivity (Wildman–Crippen MR) is 83.4 cm³/mol. The summed E-state index contributed by atoms with van der Waals surface area (Å²) in [5, 5.41) is 3.83. The van der Waals surface area contributed by atoms with Crippen LogP contribution in [0, 0.1) is 17.8 Å². The van der Waals surface area contributed by atoms with Crippen molar-refractivity contribution >= 4 is 0 Å². The zero-order valence-electron chi connectivity index (χ0n) is 13.3. The Balaban J connectivity index is 1.89. The molecule has 3 unspecified atom stereocenters. The molecule has 2 fully saturated rings. The van der Waals surface area contributed by atoms with Crippen molar-refractivity contribution in [3.05, 3.63) is 0 Å². The molecule has 2 heteroatoms. The van der Waals surface area contributed by atoms with Gasteiger partial charge in [-0.2, -0.15) is 0 Å². The van der Waals surface area contributed by atoms with E-state index in [-0.39, 0.29) is 0 Å². The Morgan fingerprint density at radius 1 is 1.16 bits per heavy atom. The zero-order valence-corrected chi connectivity index (χ0v) is 13.3. The van der Waals surface area contributed by atoms with E-state index in [4.69, 9.17) is 0 Å². The largest absolute Gasteiger partial charge is 0.314 e. The quantitative estimate of drug-likeness (QED) is 0.791. The number of likely N-dealkylation sites (tertiary alicyclic amines) is 1. The second-order valence-electron chi connectivity index (χ2n) is 7.15. The molecule has 3 atom stereocenters. The standard InChI is InChI=1S/C17H34N2/c1-4-9-18-17-8-7-15(14(2)3)12-16(17)13-19-10-5-6-11-19/h14-18H,4-13H2,1-3H3. The lowest BCUT2D eigenvalue weighted by atomic mass is 9.73. The molecule has 0 aromatic carbocycles. The van der Waals surface area contributed by atoms with Gasteiger partial charge in [-0.05, 0) is 75.9 Å². The van der Waals surface area contributed by atoms with Crippen LogP contribution in [0.2, 0.25) is 0 Å². The van der Waals surface area contributed by atoms with Gasteiger partial charge in [0.25, 0.3) is 0 Å². The summed E-state index contributed by atoms with van der Waals surface area (Å²) in [4.78, 5) is 2.72.